The Labute approximate surface area is 294 Å². The first-order valence-corrected chi connectivity index (χ1v) is 17.4. The fourth-order valence-electron chi connectivity index (χ4n) is 7.87. The van der Waals surface area contributed by atoms with Crippen LogP contribution in [0.25, 0.3) is 55.3 Å². The Hall–Kier alpha value is -6.18. The average Bonchev–Trinajstić information content (AvgIpc) is 3.41. The lowest BCUT2D eigenvalue weighted by Gasteiger charge is -2.31. The highest BCUT2D eigenvalue weighted by Gasteiger charge is 2.37. The second-order valence-electron chi connectivity index (χ2n) is 13.8. The maximum Gasteiger partial charge on any atom is 0.0543 e. The average molecular weight is 640 g/mol. The molecule has 8 aromatic carbocycles. The molecule has 0 aromatic heterocycles. The van der Waals surface area contributed by atoms with E-state index in [1.807, 2.05) is 0 Å². The number of hydrogen-bond donors (Lipinski definition) is 0. The predicted molar refractivity (Wildman–Crippen MR) is 213 cm³/mol. The van der Waals surface area contributed by atoms with Crippen molar-refractivity contribution in [2.45, 2.75) is 19.3 Å². The van der Waals surface area contributed by atoms with Gasteiger partial charge in [0.15, 0.2) is 0 Å². The third-order valence-electron chi connectivity index (χ3n) is 10.5. The van der Waals surface area contributed by atoms with Gasteiger partial charge in [-0.2, -0.15) is 0 Å². The molecular formula is C49H37N. The molecule has 0 radical (unpaired) electrons. The molecule has 0 amide bonds. The normalized spacial score (nSPS) is 12.8. The van der Waals surface area contributed by atoms with Crippen molar-refractivity contribution in [3.8, 4) is 44.5 Å². The fourth-order valence-corrected chi connectivity index (χ4v) is 7.87. The largest absolute Gasteiger partial charge is 0.309 e. The molecule has 0 aliphatic heterocycles. The van der Waals surface area contributed by atoms with Gasteiger partial charge < -0.3 is 4.90 Å². The van der Waals surface area contributed by atoms with Crippen molar-refractivity contribution in [2.75, 3.05) is 4.90 Å². The maximum absolute atomic E-state index is 2.48. The minimum atomic E-state index is -0.129. The van der Waals surface area contributed by atoms with Crippen LogP contribution in [-0.4, -0.2) is 0 Å². The van der Waals surface area contributed by atoms with Crippen LogP contribution in [0.1, 0.15) is 25.0 Å². The highest BCUT2D eigenvalue weighted by molar-refractivity contribution is 6.02. The van der Waals surface area contributed by atoms with E-state index < -0.39 is 0 Å². The van der Waals surface area contributed by atoms with Gasteiger partial charge in [-0.25, -0.2) is 0 Å². The number of rotatable bonds is 6. The Kier molecular flexibility index (Phi) is 7.21. The first kappa shape index (κ1) is 29.9. The number of benzene rings is 8. The molecule has 50 heavy (non-hydrogen) atoms. The van der Waals surface area contributed by atoms with Gasteiger partial charge in [-0.15, -0.1) is 0 Å². The Balaban J connectivity index is 1.24. The molecule has 1 aliphatic rings. The fraction of sp³-hybridized carbons (Fsp3) is 0.0612. The topological polar surface area (TPSA) is 3.24 Å². The van der Waals surface area contributed by atoms with E-state index >= 15 is 0 Å². The molecule has 1 aliphatic carbocycles. The first-order chi connectivity index (χ1) is 24.6. The monoisotopic (exact) mass is 639 g/mol. The lowest BCUT2D eigenvalue weighted by atomic mass is 9.81. The Morgan fingerprint density at radius 3 is 1.60 bits per heavy atom. The summed E-state index contributed by atoms with van der Waals surface area (Å²) in [5.41, 5.74) is 16.0. The molecular weight excluding hydrogens is 603 g/mol. The molecule has 0 bridgehead atoms. The number of anilines is 3. The van der Waals surface area contributed by atoms with Gasteiger partial charge in [0.1, 0.15) is 0 Å². The van der Waals surface area contributed by atoms with Gasteiger partial charge in [0.2, 0.25) is 0 Å². The van der Waals surface area contributed by atoms with Crippen LogP contribution in [0.3, 0.4) is 0 Å². The van der Waals surface area contributed by atoms with Crippen LogP contribution in [0.4, 0.5) is 17.1 Å². The summed E-state index contributed by atoms with van der Waals surface area (Å²) in [6.45, 7) is 4.73. The van der Waals surface area contributed by atoms with Crippen molar-refractivity contribution in [3.05, 3.63) is 199 Å². The van der Waals surface area contributed by atoms with E-state index in [-0.39, 0.29) is 5.41 Å². The van der Waals surface area contributed by atoms with Crippen LogP contribution in [0.2, 0.25) is 0 Å². The van der Waals surface area contributed by atoms with Gasteiger partial charge in [-0.05, 0) is 85.8 Å². The number of nitrogens with zero attached hydrogens (tertiary/aromatic N) is 1. The van der Waals surface area contributed by atoms with Crippen molar-refractivity contribution in [2.24, 2.45) is 0 Å². The van der Waals surface area contributed by atoms with E-state index in [1.54, 1.807) is 0 Å². The van der Waals surface area contributed by atoms with Crippen LogP contribution in [0.5, 0.6) is 0 Å². The van der Waals surface area contributed by atoms with E-state index in [2.05, 4.69) is 207 Å². The summed E-state index contributed by atoms with van der Waals surface area (Å²) < 4.78 is 0. The lowest BCUT2D eigenvalue weighted by molar-refractivity contribution is 0.660. The van der Waals surface area contributed by atoms with Gasteiger partial charge in [-0.3, -0.25) is 0 Å². The Morgan fingerprint density at radius 2 is 0.900 bits per heavy atom. The van der Waals surface area contributed by atoms with Crippen LogP contribution in [0.15, 0.2) is 188 Å². The van der Waals surface area contributed by atoms with Crippen LogP contribution in [0, 0.1) is 0 Å². The summed E-state index contributed by atoms with van der Waals surface area (Å²) in [4.78, 5) is 2.48. The quantitative estimate of drug-likeness (QED) is 0.175. The van der Waals surface area contributed by atoms with Crippen LogP contribution >= 0.6 is 0 Å². The van der Waals surface area contributed by atoms with E-state index in [0.717, 1.165) is 11.4 Å². The van der Waals surface area contributed by atoms with Gasteiger partial charge in [0.25, 0.3) is 0 Å². The van der Waals surface area contributed by atoms with Crippen molar-refractivity contribution in [3.63, 3.8) is 0 Å². The predicted octanol–water partition coefficient (Wildman–Crippen LogP) is 13.6. The second kappa shape index (κ2) is 12.1. The van der Waals surface area contributed by atoms with Crippen LogP contribution < -0.4 is 4.90 Å². The molecule has 0 fully saturated rings. The minimum Gasteiger partial charge on any atom is -0.309 e. The molecule has 8 aromatic rings. The van der Waals surface area contributed by atoms with E-state index in [9.17, 15) is 0 Å². The lowest BCUT2D eigenvalue weighted by Crippen LogP contribution is -2.17. The highest BCUT2D eigenvalue weighted by atomic mass is 15.1. The molecule has 0 atom stereocenters. The van der Waals surface area contributed by atoms with Gasteiger partial charge in [0.05, 0.1) is 11.4 Å². The summed E-state index contributed by atoms with van der Waals surface area (Å²) in [6, 6.07) is 68.6. The molecule has 238 valence electrons. The summed E-state index contributed by atoms with van der Waals surface area (Å²) in [7, 11) is 0. The van der Waals surface area contributed by atoms with Gasteiger partial charge in [-0.1, -0.05) is 172 Å². The van der Waals surface area contributed by atoms with Crippen molar-refractivity contribution in [1.82, 2.24) is 0 Å². The third kappa shape index (κ3) is 5.02. The molecule has 0 N–H and O–H groups in total. The summed E-state index contributed by atoms with van der Waals surface area (Å²) in [5.74, 6) is 0. The van der Waals surface area contributed by atoms with Crippen molar-refractivity contribution < 1.29 is 0 Å². The number of hydrogen-bond acceptors (Lipinski definition) is 1. The maximum atomic E-state index is 2.48. The smallest absolute Gasteiger partial charge is 0.0543 e. The standard InChI is InChI=1S/C49H37N/c1-49(2)45-22-12-11-21-42(45)44-32-43(39-16-7-4-8-17-39)48(33-46(44)49)50(47-23-13-19-38-18-9-10-20-41(38)47)40-30-28-37(29-31-40)36-26-24-35(25-27-36)34-14-5-3-6-15-34/h3-33H,1-2H3. The van der Waals surface area contributed by atoms with Gasteiger partial charge >= 0.3 is 0 Å². The second-order valence-corrected chi connectivity index (χ2v) is 13.8. The number of fused-ring (bicyclic) bond motifs is 4. The molecule has 0 saturated carbocycles. The van der Waals surface area contributed by atoms with Crippen molar-refractivity contribution >= 4 is 27.8 Å². The zero-order valence-corrected chi connectivity index (χ0v) is 28.3. The first-order valence-electron chi connectivity index (χ1n) is 17.4. The van der Waals surface area contributed by atoms with Crippen molar-refractivity contribution in [1.29, 1.82) is 0 Å². The third-order valence-corrected chi connectivity index (χ3v) is 10.5. The molecule has 0 spiro atoms. The molecule has 0 saturated heterocycles. The molecule has 1 heteroatoms. The molecule has 1 nitrogen and oxygen atoms in total. The zero-order valence-electron chi connectivity index (χ0n) is 28.3. The minimum absolute atomic E-state index is 0.129. The summed E-state index contributed by atoms with van der Waals surface area (Å²) in [6.07, 6.45) is 0. The van der Waals surface area contributed by atoms with E-state index in [4.69, 9.17) is 0 Å². The molecule has 9 rings (SSSR count). The van der Waals surface area contributed by atoms with E-state index in [1.165, 1.54) is 72.1 Å². The molecule has 0 unspecified atom stereocenters. The highest BCUT2D eigenvalue weighted by Crippen LogP contribution is 2.54. The Morgan fingerprint density at radius 1 is 0.360 bits per heavy atom. The zero-order chi connectivity index (χ0) is 33.7. The summed E-state index contributed by atoms with van der Waals surface area (Å²) >= 11 is 0. The molecule has 0 heterocycles. The van der Waals surface area contributed by atoms with Gasteiger partial charge in [0, 0.05) is 22.1 Å². The summed E-state index contributed by atoms with van der Waals surface area (Å²) in [5, 5.41) is 2.44. The van der Waals surface area contributed by atoms with E-state index in [0.29, 0.717) is 0 Å². The van der Waals surface area contributed by atoms with Crippen LogP contribution in [-0.2, 0) is 5.41 Å². The Bertz CT molecular complexity index is 2470. The SMILES string of the molecule is CC1(C)c2ccccc2-c2cc(-c3ccccc3)c(N(c3ccc(-c4ccc(-c5ccccc5)cc4)cc3)c3cccc4ccccc34)cc21.